The summed E-state index contributed by atoms with van der Waals surface area (Å²) in [6.07, 6.45) is -9.03. The molecule has 1 aliphatic heterocycles. The number of aliphatic carboxylic acids is 1. The Kier molecular flexibility index (Phi) is 7.22. The van der Waals surface area contributed by atoms with Gasteiger partial charge in [-0.1, -0.05) is 18.2 Å². The van der Waals surface area contributed by atoms with Crippen LogP contribution in [0.25, 0.3) is 10.8 Å². The first-order chi connectivity index (χ1) is 16.4. The molecule has 1 heterocycles. The van der Waals surface area contributed by atoms with E-state index in [-0.39, 0.29) is 49.2 Å². The first kappa shape index (κ1) is 25.6. The number of alkyl halides is 6. The zero-order chi connectivity index (χ0) is 25.4. The third-order valence-electron chi connectivity index (χ3n) is 7.00. The third kappa shape index (κ3) is 6.20. The number of halogens is 6. The summed E-state index contributed by atoms with van der Waals surface area (Å²) in [5, 5.41) is 9.34. The Balaban J connectivity index is 1.51. The van der Waals surface area contributed by atoms with E-state index in [4.69, 9.17) is 9.84 Å². The maximum absolute atomic E-state index is 14.0. The lowest BCUT2D eigenvalue weighted by Gasteiger charge is -2.31. The molecule has 0 amide bonds. The molecule has 192 valence electrons. The maximum Gasteiger partial charge on any atom is 0.420 e. The lowest BCUT2D eigenvalue weighted by atomic mass is 9.87. The molecule has 0 radical (unpaired) electrons. The summed E-state index contributed by atoms with van der Waals surface area (Å²) in [5.74, 6) is -2.57. The molecule has 1 saturated carbocycles. The molecule has 1 aliphatic carbocycles. The third-order valence-corrected chi connectivity index (χ3v) is 7.00. The van der Waals surface area contributed by atoms with Crippen LogP contribution in [-0.2, 0) is 17.5 Å². The van der Waals surface area contributed by atoms with Gasteiger partial charge in [0, 0.05) is 19.5 Å². The van der Waals surface area contributed by atoms with Gasteiger partial charge >= 0.3 is 18.3 Å². The fraction of sp³-hybridized carbons (Fsp3) is 0.560. The normalized spacial score (nSPS) is 24.1. The van der Waals surface area contributed by atoms with Crippen molar-refractivity contribution < 1.29 is 41.0 Å². The van der Waals surface area contributed by atoms with Gasteiger partial charge in [0.15, 0.2) is 0 Å². The van der Waals surface area contributed by atoms with E-state index in [9.17, 15) is 31.1 Å². The van der Waals surface area contributed by atoms with Crippen molar-refractivity contribution in [3.05, 3.63) is 41.5 Å². The number of fused-ring (bicyclic) bond motifs is 1. The van der Waals surface area contributed by atoms with Crippen LogP contribution >= 0.6 is 0 Å². The summed E-state index contributed by atoms with van der Waals surface area (Å²) >= 11 is 0. The second kappa shape index (κ2) is 9.87. The molecule has 0 spiro atoms. The van der Waals surface area contributed by atoms with E-state index in [0.29, 0.717) is 18.5 Å². The molecule has 1 atom stereocenters. The highest BCUT2D eigenvalue weighted by atomic mass is 19.4. The standard InChI is InChI=1S/C25H27F6NO3/c26-24(27,28)18-3-5-19(6-4-18)35-21-8-2-17-11-15(1-7-20(17)23(21)25(29,30)31)13-32-10-9-16(14-32)12-22(33)34/h1-2,7-8,11,16,18-19H,3-6,9-10,12-14H2,(H,33,34)/t16-,18-,19+/m0/s1. The van der Waals surface area contributed by atoms with E-state index in [1.807, 2.05) is 0 Å². The number of ether oxygens (including phenoxy) is 1. The van der Waals surface area contributed by atoms with Gasteiger partial charge in [0.25, 0.3) is 0 Å². The fourth-order valence-electron chi connectivity index (χ4n) is 5.26. The van der Waals surface area contributed by atoms with Crippen LogP contribution in [-0.4, -0.2) is 41.3 Å². The van der Waals surface area contributed by atoms with E-state index in [1.54, 1.807) is 18.2 Å². The molecule has 2 aliphatic rings. The van der Waals surface area contributed by atoms with Crippen LogP contribution in [0.2, 0.25) is 0 Å². The first-order valence-electron chi connectivity index (χ1n) is 11.7. The Hall–Kier alpha value is -2.49. The summed E-state index contributed by atoms with van der Waals surface area (Å²) in [6.45, 7) is 1.86. The highest BCUT2D eigenvalue weighted by Crippen LogP contribution is 2.44. The molecular formula is C25H27F6NO3. The number of carboxylic acids is 1. The van der Waals surface area contributed by atoms with Crippen molar-refractivity contribution in [2.75, 3.05) is 13.1 Å². The van der Waals surface area contributed by atoms with Crippen molar-refractivity contribution in [1.82, 2.24) is 4.90 Å². The molecule has 4 rings (SSSR count). The Labute approximate surface area is 198 Å². The average molecular weight is 503 g/mol. The average Bonchev–Trinajstić information content (AvgIpc) is 3.18. The lowest BCUT2D eigenvalue weighted by Crippen LogP contribution is -2.32. The number of carbonyl (C=O) groups is 1. The molecule has 1 saturated heterocycles. The lowest BCUT2D eigenvalue weighted by molar-refractivity contribution is -0.185. The van der Waals surface area contributed by atoms with Gasteiger partial charge in [-0.3, -0.25) is 9.69 Å². The minimum absolute atomic E-state index is 0.0205. The zero-order valence-electron chi connectivity index (χ0n) is 19.0. The van der Waals surface area contributed by atoms with Crippen LogP contribution in [0.5, 0.6) is 5.75 Å². The van der Waals surface area contributed by atoms with E-state index in [0.717, 1.165) is 18.5 Å². The predicted octanol–water partition coefficient (Wildman–Crippen LogP) is 6.66. The van der Waals surface area contributed by atoms with Crippen molar-refractivity contribution in [1.29, 1.82) is 0 Å². The molecule has 4 nitrogen and oxygen atoms in total. The second-order valence-electron chi connectivity index (χ2n) is 9.61. The van der Waals surface area contributed by atoms with Crippen LogP contribution in [0.15, 0.2) is 30.3 Å². The minimum atomic E-state index is -4.70. The fourth-order valence-corrected chi connectivity index (χ4v) is 5.26. The summed E-state index contributed by atoms with van der Waals surface area (Å²) in [6, 6.07) is 7.52. The molecule has 0 aromatic heterocycles. The van der Waals surface area contributed by atoms with Crippen molar-refractivity contribution in [3.63, 3.8) is 0 Å². The van der Waals surface area contributed by atoms with Crippen molar-refractivity contribution in [2.24, 2.45) is 11.8 Å². The minimum Gasteiger partial charge on any atom is -0.490 e. The number of likely N-dealkylation sites (tertiary alicyclic amines) is 1. The molecule has 2 fully saturated rings. The van der Waals surface area contributed by atoms with Gasteiger partial charge in [0.05, 0.1) is 12.0 Å². The quantitative estimate of drug-likeness (QED) is 0.448. The number of rotatable bonds is 6. The summed E-state index contributed by atoms with van der Waals surface area (Å²) in [5.41, 5.74) is -0.0945. The Bertz CT molecular complexity index is 1060. The van der Waals surface area contributed by atoms with Gasteiger partial charge in [-0.05, 0) is 73.0 Å². The van der Waals surface area contributed by atoms with Gasteiger partial charge in [-0.15, -0.1) is 0 Å². The molecule has 2 aromatic carbocycles. The second-order valence-corrected chi connectivity index (χ2v) is 9.61. The van der Waals surface area contributed by atoms with Gasteiger partial charge in [-0.2, -0.15) is 26.3 Å². The van der Waals surface area contributed by atoms with Crippen LogP contribution in [0, 0.1) is 11.8 Å². The highest BCUT2D eigenvalue weighted by Gasteiger charge is 2.42. The molecule has 2 aromatic rings. The SMILES string of the molecule is O=C(O)C[C@@H]1CCN(Cc2ccc3c(C(F)(F)F)c(O[C@H]4CC[C@@H](C(F)(F)F)CC4)ccc3c2)C1. The van der Waals surface area contributed by atoms with Gasteiger partial charge in [0.1, 0.15) is 11.3 Å². The first-order valence-corrected chi connectivity index (χ1v) is 11.7. The molecule has 0 bridgehead atoms. The highest BCUT2D eigenvalue weighted by molar-refractivity contribution is 5.89. The van der Waals surface area contributed by atoms with Gasteiger partial charge in [0.2, 0.25) is 0 Å². The van der Waals surface area contributed by atoms with Crippen LogP contribution < -0.4 is 4.74 Å². The van der Waals surface area contributed by atoms with Crippen molar-refractivity contribution in [2.45, 2.75) is 63.5 Å². The molecule has 10 heteroatoms. The molecule has 0 unspecified atom stereocenters. The number of hydrogen-bond acceptors (Lipinski definition) is 3. The topological polar surface area (TPSA) is 49.8 Å². The van der Waals surface area contributed by atoms with E-state index >= 15 is 0 Å². The van der Waals surface area contributed by atoms with Crippen LogP contribution in [0.4, 0.5) is 26.3 Å². The Morgan fingerprint density at radius 2 is 1.71 bits per heavy atom. The van der Waals surface area contributed by atoms with Crippen LogP contribution in [0.3, 0.4) is 0 Å². The summed E-state index contributed by atoms with van der Waals surface area (Å²) in [4.78, 5) is 13.0. The summed E-state index contributed by atoms with van der Waals surface area (Å²) in [7, 11) is 0. The van der Waals surface area contributed by atoms with Gasteiger partial charge < -0.3 is 9.84 Å². The molecule has 35 heavy (non-hydrogen) atoms. The zero-order valence-corrected chi connectivity index (χ0v) is 19.0. The largest absolute Gasteiger partial charge is 0.490 e. The van der Waals surface area contributed by atoms with Gasteiger partial charge in [-0.25, -0.2) is 0 Å². The van der Waals surface area contributed by atoms with Crippen LogP contribution in [0.1, 0.15) is 49.7 Å². The predicted molar refractivity (Wildman–Crippen MR) is 117 cm³/mol. The van der Waals surface area contributed by atoms with E-state index in [1.165, 1.54) is 12.1 Å². The monoisotopic (exact) mass is 503 g/mol. The number of hydrogen-bond donors (Lipinski definition) is 1. The number of nitrogens with zero attached hydrogens (tertiary/aromatic N) is 1. The smallest absolute Gasteiger partial charge is 0.420 e. The van der Waals surface area contributed by atoms with E-state index < -0.39 is 35.9 Å². The maximum atomic E-state index is 14.0. The Morgan fingerprint density at radius 1 is 1.00 bits per heavy atom. The molecular weight excluding hydrogens is 476 g/mol. The van der Waals surface area contributed by atoms with Crippen molar-refractivity contribution >= 4 is 16.7 Å². The van der Waals surface area contributed by atoms with Crippen molar-refractivity contribution in [3.8, 4) is 5.75 Å². The van der Waals surface area contributed by atoms with E-state index in [2.05, 4.69) is 4.90 Å². The Morgan fingerprint density at radius 3 is 2.34 bits per heavy atom. The molecule has 1 N–H and O–H groups in total. The number of carboxylic acid groups (broad SMARTS) is 1. The summed E-state index contributed by atoms with van der Waals surface area (Å²) < 4.78 is 86.5. The number of benzene rings is 2.